The standard InChI is InChI=1S/C18H20BrClN2O2S/c19-18-7-16(20)4-3-15(18)12-25(23,24)17-5-1-13(2-6-17)8-21-9-14-10-22-11-14/h1-7,14,21-22H,8-12H2. The van der Waals surface area contributed by atoms with Crippen LogP contribution in [0.5, 0.6) is 0 Å². The second-order valence-corrected chi connectivity index (χ2v) is 9.57. The lowest BCUT2D eigenvalue weighted by Gasteiger charge is -2.27. The molecule has 0 bridgehead atoms. The van der Waals surface area contributed by atoms with Gasteiger partial charge in [-0.05, 0) is 41.3 Å². The zero-order valence-electron chi connectivity index (χ0n) is 13.6. The molecule has 0 aliphatic carbocycles. The lowest BCUT2D eigenvalue weighted by molar-refractivity contribution is 0.331. The SMILES string of the molecule is O=S(=O)(Cc1ccc(Cl)cc1Br)c1ccc(CNCC2CNC2)cc1. The molecule has 0 saturated carbocycles. The van der Waals surface area contributed by atoms with Crippen LogP contribution in [0.25, 0.3) is 0 Å². The summed E-state index contributed by atoms with van der Waals surface area (Å²) >= 11 is 9.28. The Morgan fingerprint density at radius 2 is 1.88 bits per heavy atom. The Morgan fingerprint density at radius 1 is 1.16 bits per heavy atom. The number of rotatable bonds is 7. The van der Waals surface area contributed by atoms with Gasteiger partial charge in [-0.15, -0.1) is 0 Å². The maximum absolute atomic E-state index is 12.6. The van der Waals surface area contributed by atoms with Crippen LogP contribution in [0, 0.1) is 5.92 Å². The minimum atomic E-state index is -3.40. The first kappa shape index (κ1) is 18.9. The van der Waals surface area contributed by atoms with Crippen molar-refractivity contribution >= 4 is 37.4 Å². The molecule has 0 radical (unpaired) electrons. The minimum absolute atomic E-state index is 0.0585. The van der Waals surface area contributed by atoms with Gasteiger partial charge in [0, 0.05) is 35.7 Å². The molecule has 1 aliphatic heterocycles. The van der Waals surface area contributed by atoms with Crippen molar-refractivity contribution in [3.8, 4) is 0 Å². The molecule has 1 heterocycles. The van der Waals surface area contributed by atoms with E-state index in [0.29, 0.717) is 25.9 Å². The molecule has 0 amide bonds. The summed E-state index contributed by atoms with van der Waals surface area (Å²) in [5.74, 6) is 0.647. The summed E-state index contributed by atoms with van der Waals surface area (Å²) in [5, 5.41) is 7.22. The summed E-state index contributed by atoms with van der Waals surface area (Å²) < 4.78 is 26.0. The van der Waals surface area contributed by atoms with E-state index in [9.17, 15) is 8.42 Å². The highest BCUT2D eigenvalue weighted by Gasteiger charge is 2.18. The van der Waals surface area contributed by atoms with Gasteiger partial charge in [-0.25, -0.2) is 8.42 Å². The molecular weight excluding hydrogens is 424 g/mol. The third-order valence-electron chi connectivity index (χ3n) is 4.27. The summed E-state index contributed by atoms with van der Waals surface area (Å²) in [6.45, 7) is 3.88. The topological polar surface area (TPSA) is 58.2 Å². The minimum Gasteiger partial charge on any atom is -0.316 e. The predicted octanol–water partition coefficient (Wildman–Crippen LogP) is 3.39. The Bertz CT molecular complexity index is 837. The number of hydrogen-bond donors (Lipinski definition) is 2. The van der Waals surface area contributed by atoms with E-state index in [1.54, 1.807) is 30.3 Å². The van der Waals surface area contributed by atoms with Crippen molar-refractivity contribution in [3.05, 3.63) is 63.1 Å². The third-order valence-corrected chi connectivity index (χ3v) is 6.93. The zero-order valence-corrected chi connectivity index (χ0v) is 16.8. The number of halogens is 2. The number of benzene rings is 2. The van der Waals surface area contributed by atoms with Crippen LogP contribution in [0.4, 0.5) is 0 Å². The largest absolute Gasteiger partial charge is 0.316 e. The van der Waals surface area contributed by atoms with Gasteiger partial charge >= 0.3 is 0 Å². The van der Waals surface area contributed by atoms with E-state index in [4.69, 9.17) is 11.6 Å². The van der Waals surface area contributed by atoms with Crippen LogP contribution in [0.15, 0.2) is 51.8 Å². The van der Waals surface area contributed by atoms with Crippen molar-refractivity contribution in [2.24, 2.45) is 5.92 Å². The molecule has 134 valence electrons. The van der Waals surface area contributed by atoms with Gasteiger partial charge in [-0.2, -0.15) is 0 Å². The van der Waals surface area contributed by atoms with Crippen LogP contribution >= 0.6 is 27.5 Å². The smallest absolute Gasteiger partial charge is 0.182 e. The highest BCUT2D eigenvalue weighted by Crippen LogP contribution is 2.25. The van der Waals surface area contributed by atoms with Gasteiger partial charge in [0.2, 0.25) is 0 Å². The van der Waals surface area contributed by atoms with Crippen molar-refractivity contribution in [2.75, 3.05) is 19.6 Å². The summed E-state index contributed by atoms with van der Waals surface area (Å²) in [6.07, 6.45) is 0. The van der Waals surface area contributed by atoms with Gasteiger partial charge in [0.25, 0.3) is 0 Å². The molecule has 1 fully saturated rings. The Balaban J connectivity index is 1.63. The molecule has 1 saturated heterocycles. The van der Waals surface area contributed by atoms with Gasteiger partial charge in [-0.3, -0.25) is 0 Å². The number of nitrogens with one attached hydrogen (secondary N) is 2. The highest BCUT2D eigenvalue weighted by atomic mass is 79.9. The quantitative estimate of drug-likeness (QED) is 0.689. The van der Waals surface area contributed by atoms with Gasteiger partial charge in [0.1, 0.15) is 0 Å². The molecule has 7 heteroatoms. The molecule has 3 rings (SSSR count). The van der Waals surface area contributed by atoms with Crippen molar-refractivity contribution in [1.82, 2.24) is 10.6 Å². The molecule has 0 spiro atoms. The Kier molecular flexibility index (Phi) is 6.17. The fraction of sp³-hybridized carbons (Fsp3) is 0.333. The van der Waals surface area contributed by atoms with E-state index in [-0.39, 0.29) is 5.75 Å². The van der Waals surface area contributed by atoms with Gasteiger partial charge in [0.05, 0.1) is 10.6 Å². The predicted molar refractivity (Wildman–Crippen MR) is 105 cm³/mol. The van der Waals surface area contributed by atoms with Crippen LogP contribution in [0.1, 0.15) is 11.1 Å². The molecule has 4 nitrogen and oxygen atoms in total. The van der Waals surface area contributed by atoms with Crippen LogP contribution in [0.2, 0.25) is 5.02 Å². The van der Waals surface area contributed by atoms with Gasteiger partial charge in [-0.1, -0.05) is 45.7 Å². The van der Waals surface area contributed by atoms with Crippen molar-refractivity contribution in [2.45, 2.75) is 17.2 Å². The maximum atomic E-state index is 12.6. The summed E-state index contributed by atoms with van der Waals surface area (Å²) in [4.78, 5) is 0.335. The fourth-order valence-corrected chi connectivity index (χ4v) is 5.04. The van der Waals surface area contributed by atoms with Crippen LogP contribution < -0.4 is 10.6 Å². The Hall–Kier alpha value is -0.920. The first-order valence-electron chi connectivity index (χ1n) is 8.11. The molecule has 2 aromatic rings. The summed E-state index contributed by atoms with van der Waals surface area (Å²) in [6, 6.07) is 12.2. The second kappa shape index (κ2) is 8.18. The molecule has 2 N–H and O–H groups in total. The fourth-order valence-electron chi connectivity index (χ4n) is 2.65. The van der Waals surface area contributed by atoms with Crippen LogP contribution in [-0.2, 0) is 22.1 Å². The van der Waals surface area contributed by atoms with Gasteiger partial charge < -0.3 is 10.6 Å². The van der Waals surface area contributed by atoms with E-state index < -0.39 is 9.84 Å². The summed E-state index contributed by atoms with van der Waals surface area (Å²) in [7, 11) is -3.40. The van der Waals surface area contributed by atoms with E-state index >= 15 is 0 Å². The van der Waals surface area contributed by atoms with Crippen molar-refractivity contribution < 1.29 is 8.42 Å². The highest BCUT2D eigenvalue weighted by molar-refractivity contribution is 9.10. The summed E-state index contributed by atoms with van der Waals surface area (Å²) in [5.41, 5.74) is 1.78. The van der Waals surface area contributed by atoms with E-state index in [0.717, 1.165) is 31.7 Å². The molecule has 0 unspecified atom stereocenters. The molecule has 1 aliphatic rings. The van der Waals surface area contributed by atoms with Crippen LogP contribution in [-0.4, -0.2) is 28.1 Å². The van der Waals surface area contributed by atoms with Crippen molar-refractivity contribution in [1.29, 1.82) is 0 Å². The molecule has 25 heavy (non-hydrogen) atoms. The first-order chi connectivity index (χ1) is 11.9. The van der Waals surface area contributed by atoms with Gasteiger partial charge in [0.15, 0.2) is 9.84 Å². The lowest BCUT2D eigenvalue weighted by Crippen LogP contribution is -2.47. The second-order valence-electron chi connectivity index (χ2n) is 6.29. The average molecular weight is 444 g/mol. The van der Waals surface area contributed by atoms with E-state index in [1.165, 1.54) is 0 Å². The zero-order chi connectivity index (χ0) is 17.9. The van der Waals surface area contributed by atoms with Crippen LogP contribution in [0.3, 0.4) is 0 Å². The monoisotopic (exact) mass is 442 g/mol. The lowest BCUT2D eigenvalue weighted by atomic mass is 10.0. The molecular formula is C18H20BrClN2O2S. The Labute approximate surface area is 162 Å². The van der Waals surface area contributed by atoms with E-state index in [1.807, 2.05) is 12.1 Å². The number of hydrogen-bond acceptors (Lipinski definition) is 4. The Morgan fingerprint density at radius 3 is 2.48 bits per heavy atom. The average Bonchev–Trinajstić information content (AvgIpc) is 2.53. The number of sulfone groups is 1. The molecule has 0 aromatic heterocycles. The third kappa shape index (κ3) is 5.05. The normalized spacial score (nSPS) is 15.1. The molecule has 2 aromatic carbocycles. The first-order valence-corrected chi connectivity index (χ1v) is 10.9. The maximum Gasteiger partial charge on any atom is 0.182 e. The van der Waals surface area contributed by atoms with E-state index in [2.05, 4.69) is 26.6 Å². The molecule has 0 atom stereocenters. The van der Waals surface area contributed by atoms with Crippen molar-refractivity contribution in [3.63, 3.8) is 0 Å².